The second-order valence-corrected chi connectivity index (χ2v) is 6.02. The average molecular weight is 251 g/mol. The minimum absolute atomic E-state index is 0.0814. The van der Waals surface area contributed by atoms with Crippen molar-refractivity contribution in [1.82, 2.24) is 0 Å². The van der Waals surface area contributed by atoms with E-state index in [1.165, 1.54) is 6.07 Å². The van der Waals surface area contributed by atoms with Gasteiger partial charge in [0.2, 0.25) is 0 Å². The molecule has 0 saturated carbocycles. The van der Waals surface area contributed by atoms with Crippen molar-refractivity contribution in [1.29, 1.82) is 0 Å². The van der Waals surface area contributed by atoms with Crippen LogP contribution in [0.25, 0.3) is 10.1 Å². The van der Waals surface area contributed by atoms with Gasteiger partial charge in [0, 0.05) is 15.6 Å². The van der Waals surface area contributed by atoms with Crippen LogP contribution in [0, 0.1) is 11.7 Å². The first-order valence-corrected chi connectivity index (χ1v) is 6.82. The minimum Gasteiger partial charge on any atom is -0.323 e. The highest BCUT2D eigenvalue weighted by Crippen LogP contribution is 2.31. The largest absolute Gasteiger partial charge is 0.323 e. The van der Waals surface area contributed by atoms with Crippen molar-refractivity contribution in [3.63, 3.8) is 0 Å². The third-order valence-corrected chi connectivity index (χ3v) is 4.15. The molecule has 3 heteroatoms. The van der Waals surface area contributed by atoms with Gasteiger partial charge in [0.25, 0.3) is 0 Å². The van der Waals surface area contributed by atoms with Crippen LogP contribution in [0.4, 0.5) is 4.39 Å². The molecule has 0 amide bonds. The first-order chi connectivity index (χ1) is 8.06. The van der Waals surface area contributed by atoms with Gasteiger partial charge in [-0.3, -0.25) is 0 Å². The third-order valence-electron chi connectivity index (χ3n) is 2.92. The summed E-state index contributed by atoms with van der Waals surface area (Å²) in [6.07, 6.45) is 2.12. The lowest BCUT2D eigenvalue weighted by molar-refractivity contribution is 0.511. The van der Waals surface area contributed by atoms with E-state index in [0.717, 1.165) is 27.8 Å². The molecule has 2 rings (SSSR count). The molecule has 2 N–H and O–H groups in total. The van der Waals surface area contributed by atoms with Gasteiger partial charge in [-0.2, -0.15) is 0 Å². The molecular formula is C14H18FNS. The minimum atomic E-state index is -0.179. The number of benzene rings is 1. The molecule has 0 aliphatic rings. The molecule has 0 spiro atoms. The summed E-state index contributed by atoms with van der Waals surface area (Å²) in [5.41, 5.74) is 6.16. The molecule has 0 aliphatic carbocycles. The molecule has 0 saturated heterocycles. The summed E-state index contributed by atoms with van der Waals surface area (Å²) in [7, 11) is 0. The standard InChI is InChI=1S/C14H18FNS/c1-9(2)3-6-12(16)14-7-10-4-5-11(15)8-13(10)17-14/h4-5,7-9,12H,3,6,16H2,1-2H3. The quantitative estimate of drug-likeness (QED) is 0.852. The summed E-state index contributed by atoms with van der Waals surface area (Å²) in [4.78, 5) is 1.16. The van der Waals surface area contributed by atoms with Crippen molar-refractivity contribution in [2.45, 2.75) is 32.7 Å². The Kier molecular flexibility index (Phi) is 3.79. The Hall–Kier alpha value is -0.930. The summed E-state index contributed by atoms with van der Waals surface area (Å²) >= 11 is 1.61. The maximum Gasteiger partial charge on any atom is 0.124 e. The Morgan fingerprint density at radius 3 is 2.71 bits per heavy atom. The molecule has 2 aromatic rings. The van der Waals surface area contributed by atoms with Crippen LogP contribution in [0.15, 0.2) is 24.3 Å². The Balaban J connectivity index is 2.18. The Labute approximate surface area is 105 Å². The fourth-order valence-corrected chi connectivity index (χ4v) is 2.99. The van der Waals surface area contributed by atoms with Gasteiger partial charge in [0.05, 0.1) is 0 Å². The average Bonchev–Trinajstić information content (AvgIpc) is 2.68. The van der Waals surface area contributed by atoms with Crippen LogP contribution in [-0.2, 0) is 0 Å². The molecule has 0 fully saturated rings. The van der Waals surface area contributed by atoms with Gasteiger partial charge in [-0.1, -0.05) is 19.9 Å². The highest BCUT2D eigenvalue weighted by molar-refractivity contribution is 7.19. The summed E-state index contributed by atoms with van der Waals surface area (Å²) in [6, 6.07) is 7.07. The van der Waals surface area contributed by atoms with Crippen molar-refractivity contribution in [3.8, 4) is 0 Å². The topological polar surface area (TPSA) is 26.0 Å². The second kappa shape index (κ2) is 5.15. The molecule has 1 atom stereocenters. The van der Waals surface area contributed by atoms with Crippen molar-refractivity contribution in [3.05, 3.63) is 35.0 Å². The number of nitrogens with two attached hydrogens (primary N) is 1. The predicted octanol–water partition coefficient (Wildman–Crippen LogP) is 4.48. The van der Waals surface area contributed by atoms with Crippen molar-refractivity contribution in [2.24, 2.45) is 11.7 Å². The normalized spacial score (nSPS) is 13.5. The molecule has 1 heterocycles. The van der Waals surface area contributed by atoms with Gasteiger partial charge >= 0.3 is 0 Å². The van der Waals surface area contributed by atoms with E-state index in [1.807, 2.05) is 6.07 Å². The van der Waals surface area contributed by atoms with Gasteiger partial charge in [-0.05, 0) is 42.3 Å². The monoisotopic (exact) mass is 251 g/mol. The van der Waals surface area contributed by atoms with Gasteiger partial charge < -0.3 is 5.73 Å². The van der Waals surface area contributed by atoms with E-state index in [9.17, 15) is 4.39 Å². The second-order valence-electron chi connectivity index (χ2n) is 4.91. The van der Waals surface area contributed by atoms with E-state index in [-0.39, 0.29) is 11.9 Å². The van der Waals surface area contributed by atoms with E-state index in [4.69, 9.17) is 5.73 Å². The Bertz CT molecular complexity index is 504. The van der Waals surface area contributed by atoms with E-state index >= 15 is 0 Å². The third kappa shape index (κ3) is 3.05. The van der Waals surface area contributed by atoms with Crippen LogP contribution >= 0.6 is 11.3 Å². The number of fused-ring (bicyclic) bond motifs is 1. The molecule has 1 aromatic carbocycles. The zero-order valence-electron chi connectivity index (χ0n) is 10.2. The summed E-state index contributed by atoms with van der Waals surface area (Å²) in [5.74, 6) is 0.495. The zero-order valence-corrected chi connectivity index (χ0v) is 11.1. The lowest BCUT2D eigenvalue weighted by atomic mass is 10.0. The Morgan fingerprint density at radius 2 is 2.00 bits per heavy atom. The van der Waals surface area contributed by atoms with Crippen LogP contribution in [0.2, 0.25) is 0 Å². The maximum atomic E-state index is 13.1. The van der Waals surface area contributed by atoms with Crippen molar-refractivity contribution in [2.75, 3.05) is 0 Å². The lowest BCUT2D eigenvalue weighted by Crippen LogP contribution is -2.09. The van der Waals surface area contributed by atoms with Crippen molar-refractivity contribution < 1.29 is 4.39 Å². The smallest absolute Gasteiger partial charge is 0.124 e. The van der Waals surface area contributed by atoms with E-state index in [2.05, 4.69) is 19.9 Å². The number of hydrogen-bond donors (Lipinski definition) is 1. The number of halogens is 1. The SMILES string of the molecule is CC(C)CCC(N)c1cc2ccc(F)cc2s1. The number of rotatable bonds is 4. The predicted molar refractivity (Wildman–Crippen MR) is 72.8 cm³/mol. The summed E-state index contributed by atoms with van der Waals surface area (Å²) in [6.45, 7) is 4.40. The van der Waals surface area contributed by atoms with Crippen LogP contribution in [0.1, 0.15) is 37.6 Å². The maximum absolute atomic E-state index is 13.1. The first-order valence-electron chi connectivity index (χ1n) is 6.01. The lowest BCUT2D eigenvalue weighted by Gasteiger charge is -2.10. The van der Waals surface area contributed by atoms with Crippen molar-refractivity contribution >= 4 is 21.4 Å². The summed E-state index contributed by atoms with van der Waals surface area (Å²) < 4.78 is 14.1. The van der Waals surface area contributed by atoms with Gasteiger partial charge in [0.15, 0.2) is 0 Å². The molecule has 0 aliphatic heterocycles. The van der Waals surface area contributed by atoms with E-state index < -0.39 is 0 Å². The molecular weight excluding hydrogens is 233 g/mol. The molecule has 1 unspecified atom stereocenters. The van der Waals surface area contributed by atoms with Crippen LogP contribution in [0.5, 0.6) is 0 Å². The first kappa shape index (κ1) is 12.5. The zero-order chi connectivity index (χ0) is 12.4. The molecule has 0 radical (unpaired) electrons. The molecule has 1 aromatic heterocycles. The summed E-state index contributed by atoms with van der Waals surface area (Å²) in [5, 5.41) is 1.09. The van der Waals surface area contributed by atoms with Crippen LogP contribution in [-0.4, -0.2) is 0 Å². The van der Waals surface area contributed by atoms with Crippen LogP contribution in [0.3, 0.4) is 0 Å². The number of hydrogen-bond acceptors (Lipinski definition) is 2. The number of thiophene rings is 1. The molecule has 1 nitrogen and oxygen atoms in total. The van der Waals surface area contributed by atoms with E-state index in [1.54, 1.807) is 17.4 Å². The van der Waals surface area contributed by atoms with Gasteiger partial charge in [0.1, 0.15) is 5.82 Å². The Morgan fingerprint density at radius 1 is 1.24 bits per heavy atom. The van der Waals surface area contributed by atoms with E-state index in [0.29, 0.717) is 5.92 Å². The molecule has 92 valence electrons. The highest BCUT2D eigenvalue weighted by atomic mass is 32.1. The van der Waals surface area contributed by atoms with Crippen LogP contribution < -0.4 is 5.73 Å². The fourth-order valence-electron chi connectivity index (χ4n) is 1.86. The highest BCUT2D eigenvalue weighted by Gasteiger charge is 2.11. The van der Waals surface area contributed by atoms with Gasteiger partial charge in [-0.25, -0.2) is 4.39 Å². The van der Waals surface area contributed by atoms with Gasteiger partial charge in [-0.15, -0.1) is 11.3 Å². The molecule has 0 bridgehead atoms. The fraction of sp³-hybridized carbons (Fsp3) is 0.429. The molecule has 17 heavy (non-hydrogen) atoms.